The molecule has 0 saturated heterocycles. The van der Waals surface area contributed by atoms with E-state index in [0.717, 1.165) is 19.4 Å². The van der Waals surface area contributed by atoms with Crippen molar-refractivity contribution in [3.8, 4) is 0 Å². The standard InChI is InChI=1S/C17H33NO/c1-16(2)10-7-8-15(9-13-16)18-14-17(19)11-5-3-4-6-12-17/h15,18-19H,3-14H2,1-2H3. The van der Waals surface area contributed by atoms with Crippen molar-refractivity contribution in [2.75, 3.05) is 6.54 Å². The van der Waals surface area contributed by atoms with E-state index in [0.29, 0.717) is 11.5 Å². The van der Waals surface area contributed by atoms with E-state index in [4.69, 9.17) is 0 Å². The Morgan fingerprint density at radius 2 is 1.58 bits per heavy atom. The minimum absolute atomic E-state index is 0.418. The molecule has 112 valence electrons. The van der Waals surface area contributed by atoms with E-state index in [9.17, 15) is 5.11 Å². The van der Waals surface area contributed by atoms with Crippen LogP contribution in [0.15, 0.2) is 0 Å². The van der Waals surface area contributed by atoms with Gasteiger partial charge in [0.05, 0.1) is 5.60 Å². The number of hydrogen-bond donors (Lipinski definition) is 2. The van der Waals surface area contributed by atoms with Gasteiger partial charge >= 0.3 is 0 Å². The first-order valence-corrected chi connectivity index (χ1v) is 8.45. The van der Waals surface area contributed by atoms with Crippen molar-refractivity contribution >= 4 is 0 Å². The zero-order valence-corrected chi connectivity index (χ0v) is 13.0. The van der Waals surface area contributed by atoms with Crippen LogP contribution >= 0.6 is 0 Å². The van der Waals surface area contributed by atoms with Crippen molar-refractivity contribution < 1.29 is 5.11 Å². The van der Waals surface area contributed by atoms with E-state index in [1.807, 2.05) is 0 Å². The molecule has 1 unspecified atom stereocenters. The van der Waals surface area contributed by atoms with Gasteiger partial charge in [-0.3, -0.25) is 0 Å². The van der Waals surface area contributed by atoms with Crippen molar-refractivity contribution in [1.29, 1.82) is 0 Å². The van der Waals surface area contributed by atoms with E-state index in [2.05, 4.69) is 19.2 Å². The van der Waals surface area contributed by atoms with Gasteiger partial charge in [0, 0.05) is 12.6 Å². The van der Waals surface area contributed by atoms with E-state index in [1.54, 1.807) is 0 Å². The van der Waals surface area contributed by atoms with Crippen molar-refractivity contribution in [3.63, 3.8) is 0 Å². The summed E-state index contributed by atoms with van der Waals surface area (Å²) in [5.74, 6) is 0. The van der Waals surface area contributed by atoms with Gasteiger partial charge in [-0.2, -0.15) is 0 Å². The second-order valence-electron chi connectivity index (χ2n) is 7.81. The molecular weight excluding hydrogens is 234 g/mol. The molecule has 2 fully saturated rings. The van der Waals surface area contributed by atoms with Crippen molar-refractivity contribution in [1.82, 2.24) is 5.32 Å². The Balaban J connectivity index is 1.77. The van der Waals surface area contributed by atoms with Crippen LogP contribution in [0.3, 0.4) is 0 Å². The molecule has 2 saturated carbocycles. The summed E-state index contributed by atoms with van der Waals surface area (Å²) in [6, 6.07) is 0.633. The quantitative estimate of drug-likeness (QED) is 0.757. The normalized spacial score (nSPS) is 31.4. The van der Waals surface area contributed by atoms with Gasteiger partial charge in [0.2, 0.25) is 0 Å². The first-order valence-electron chi connectivity index (χ1n) is 8.45. The van der Waals surface area contributed by atoms with Crippen LogP contribution in [0.4, 0.5) is 0 Å². The second-order valence-corrected chi connectivity index (χ2v) is 7.81. The molecule has 2 rings (SSSR count). The molecule has 2 heteroatoms. The van der Waals surface area contributed by atoms with Gasteiger partial charge in [-0.25, -0.2) is 0 Å². The Bertz CT molecular complexity index is 266. The monoisotopic (exact) mass is 267 g/mol. The van der Waals surface area contributed by atoms with Crippen LogP contribution in [-0.2, 0) is 0 Å². The summed E-state index contributed by atoms with van der Waals surface area (Å²) < 4.78 is 0. The lowest BCUT2D eigenvalue weighted by Crippen LogP contribution is -2.44. The molecule has 0 amide bonds. The summed E-state index contributed by atoms with van der Waals surface area (Å²) in [5, 5.41) is 14.4. The Labute approximate surface area is 119 Å². The zero-order valence-electron chi connectivity index (χ0n) is 13.0. The van der Waals surface area contributed by atoms with Gasteiger partial charge in [0.25, 0.3) is 0 Å². The number of nitrogens with one attached hydrogen (secondary N) is 1. The minimum atomic E-state index is -0.418. The fraction of sp³-hybridized carbons (Fsp3) is 1.00. The van der Waals surface area contributed by atoms with Crippen molar-refractivity contribution in [2.24, 2.45) is 5.41 Å². The average molecular weight is 267 g/mol. The van der Waals surface area contributed by atoms with Gasteiger partial charge in [-0.15, -0.1) is 0 Å². The van der Waals surface area contributed by atoms with Crippen LogP contribution in [0, 0.1) is 5.41 Å². The molecule has 2 aliphatic rings. The van der Waals surface area contributed by atoms with Crippen LogP contribution < -0.4 is 5.32 Å². The second kappa shape index (κ2) is 6.58. The largest absolute Gasteiger partial charge is 0.389 e. The van der Waals surface area contributed by atoms with Crippen LogP contribution in [0.2, 0.25) is 0 Å². The summed E-state index contributed by atoms with van der Waals surface area (Å²) in [6.45, 7) is 5.61. The number of hydrogen-bond acceptors (Lipinski definition) is 2. The molecular formula is C17H33NO. The maximum atomic E-state index is 10.7. The van der Waals surface area contributed by atoms with E-state index >= 15 is 0 Å². The topological polar surface area (TPSA) is 32.3 Å². The smallest absolute Gasteiger partial charge is 0.0771 e. The molecule has 1 atom stereocenters. The minimum Gasteiger partial charge on any atom is -0.389 e. The summed E-state index contributed by atoms with van der Waals surface area (Å²) in [6.07, 6.45) is 13.6. The molecule has 2 N–H and O–H groups in total. The molecule has 0 spiro atoms. The first kappa shape index (κ1) is 15.3. The highest BCUT2D eigenvalue weighted by Crippen LogP contribution is 2.34. The lowest BCUT2D eigenvalue weighted by Gasteiger charge is -2.30. The van der Waals surface area contributed by atoms with E-state index < -0.39 is 5.60 Å². The average Bonchev–Trinajstić information content (AvgIpc) is 2.66. The summed E-state index contributed by atoms with van der Waals surface area (Å²) >= 11 is 0. The van der Waals surface area contributed by atoms with Gasteiger partial charge in [-0.1, -0.05) is 46.0 Å². The van der Waals surface area contributed by atoms with Crippen LogP contribution in [0.5, 0.6) is 0 Å². The summed E-state index contributed by atoms with van der Waals surface area (Å²) in [7, 11) is 0. The highest BCUT2D eigenvalue weighted by molar-refractivity contribution is 4.86. The van der Waals surface area contributed by atoms with Gasteiger partial charge in [0.15, 0.2) is 0 Å². The predicted molar refractivity (Wildman–Crippen MR) is 81.3 cm³/mol. The Morgan fingerprint density at radius 3 is 2.26 bits per heavy atom. The third-order valence-electron chi connectivity index (χ3n) is 5.33. The van der Waals surface area contributed by atoms with Gasteiger partial charge in [-0.05, 0) is 43.9 Å². The Morgan fingerprint density at radius 1 is 0.895 bits per heavy atom. The van der Waals surface area contributed by atoms with Crippen LogP contribution in [-0.4, -0.2) is 23.3 Å². The molecule has 0 heterocycles. The van der Waals surface area contributed by atoms with E-state index in [-0.39, 0.29) is 0 Å². The molecule has 19 heavy (non-hydrogen) atoms. The van der Waals surface area contributed by atoms with Gasteiger partial charge in [0.1, 0.15) is 0 Å². The molecule has 0 aromatic carbocycles. The Kier molecular flexibility index (Phi) is 5.30. The molecule has 0 aromatic heterocycles. The third-order valence-corrected chi connectivity index (χ3v) is 5.33. The fourth-order valence-corrected chi connectivity index (χ4v) is 3.76. The molecule has 2 nitrogen and oxygen atoms in total. The Hall–Kier alpha value is -0.0800. The van der Waals surface area contributed by atoms with Crippen LogP contribution in [0.1, 0.15) is 84.5 Å². The summed E-state index contributed by atoms with van der Waals surface area (Å²) in [4.78, 5) is 0. The third kappa shape index (κ3) is 5.07. The maximum absolute atomic E-state index is 10.7. The number of rotatable bonds is 3. The van der Waals surface area contributed by atoms with E-state index in [1.165, 1.54) is 57.8 Å². The number of aliphatic hydroxyl groups is 1. The maximum Gasteiger partial charge on any atom is 0.0771 e. The summed E-state index contributed by atoms with van der Waals surface area (Å²) in [5.41, 5.74) is 0.105. The van der Waals surface area contributed by atoms with Crippen LogP contribution in [0.25, 0.3) is 0 Å². The van der Waals surface area contributed by atoms with Gasteiger partial charge < -0.3 is 10.4 Å². The molecule has 0 aliphatic heterocycles. The molecule has 0 aromatic rings. The zero-order chi connectivity index (χ0) is 13.8. The lowest BCUT2D eigenvalue weighted by atomic mass is 9.85. The highest BCUT2D eigenvalue weighted by atomic mass is 16.3. The van der Waals surface area contributed by atoms with Crippen molar-refractivity contribution in [3.05, 3.63) is 0 Å². The lowest BCUT2D eigenvalue weighted by molar-refractivity contribution is 0.0222. The highest BCUT2D eigenvalue weighted by Gasteiger charge is 2.30. The first-order chi connectivity index (χ1) is 8.99. The predicted octanol–water partition coefficient (Wildman–Crippen LogP) is 4.02. The molecule has 2 aliphatic carbocycles. The fourth-order valence-electron chi connectivity index (χ4n) is 3.76. The molecule has 0 bridgehead atoms. The SMILES string of the molecule is CC1(C)CCCC(NCC2(O)CCCCCC2)CC1. The van der Waals surface area contributed by atoms with Crippen molar-refractivity contribution in [2.45, 2.75) is 96.1 Å². The molecule has 0 radical (unpaired) electrons.